The maximum atomic E-state index is 6.86. The molecule has 186 valence electrons. The molecule has 7 heterocycles. The molecule has 5 nitrogen and oxygen atoms in total. The van der Waals surface area contributed by atoms with E-state index in [-0.39, 0.29) is 0 Å². The SMILES string of the molecule is c1ccc2c(c1)c1ccc3c4c1c1c2ccc[n+]1C41c2c(ccc4c5cccnc5n5c6ccccc6[n+]1c5c24)O3. The first-order chi connectivity index (χ1) is 20.4. The number of hydrogen-bond donors (Lipinski definition) is 0. The number of nitrogens with zero attached hydrogens (tertiary/aromatic N) is 4. The van der Waals surface area contributed by atoms with E-state index in [0.29, 0.717) is 0 Å². The van der Waals surface area contributed by atoms with Gasteiger partial charge in [0, 0.05) is 17.6 Å². The summed E-state index contributed by atoms with van der Waals surface area (Å²) in [6.45, 7) is 0. The smallest absolute Gasteiger partial charge is 0.372 e. The highest BCUT2D eigenvalue weighted by atomic mass is 16.5. The Bertz CT molecular complexity index is 2790. The summed E-state index contributed by atoms with van der Waals surface area (Å²) in [6, 6.07) is 35.2. The molecule has 0 bridgehead atoms. The number of rotatable bonds is 0. The number of fused-ring (bicyclic) bond motifs is 9. The Balaban J connectivity index is 1.48. The predicted molar refractivity (Wildman–Crippen MR) is 159 cm³/mol. The van der Waals surface area contributed by atoms with Crippen molar-refractivity contribution in [2.45, 2.75) is 5.66 Å². The van der Waals surface area contributed by atoms with E-state index in [1.54, 1.807) is 0 Å². The number of imidazole rings is 1. The third kappa shape index (κ3) is 1.76. The summed E-state index contributed by atoms with van der Waals surface area (Å²) in [5.41, 5.74) is 7.56. The van der Waals surface area contributed by atoms with Crippen LogP contribution in [0.15, 0.2) is 109 Å². The van der Waals surface area contributed by atoms with E-state index >= 15 is 0 Å². The first-order valence-electron chi connectivity index (χ1n) is 14.1. The molecule has 0 saturated heterocycles. The van der Waals surface area contributed by atoms with Crippen molar-refractivity contribution in [1.29, 1.82) is 0 Å². The van der Waals surface area contributed by atoms with Crippen molar-refractivity contribution in [1.82, 2.24) is 9.38 Å². The fourth-order valence-corrected chi connectivity index (χ4v) is 8.70. The minimum absolute atomic E-state index is 0.630. The van der Waals surface area contributed by atoms with Gasteiger partial charge in [-0.25, -0.2) is 4.98 Å². The fraction of sp³-hybridized carbons (Fsp3) is 0.0278. The lowest BCUT2D eigenvalue weighted by molar-refractivity contribution is -0.934. The van der Waals surface area contributed by atoms with Crippen LogP contribution >= 0.6 is 0 Å². The van der Waals surface area contributed by atoms with Crippen LogP contribution in [-0.2, 0) is 5.66 Å². The van der Waals surface area contributed by atoms with Crippen LogP contribution in [0.1, 0.15) is 11.1 Å². The number of benzene rings is 5. The van der Waals surface area contributed by atoms with Crippen LogP contribution in [0.2, 0.25) is 0 Å². The first-order valence-corrected chi connectivity index (χ1v) is 14.1. The Morgan fingerprint density at radius 1 is 0.634 bits per heavy atom. The molecule has 1 spiro atoms. The van der Waals surface area contributed by atoms with Crippen LogP contribution in [0.25, 0.3) is 70.9 Å². The second kappa shape index (κ2) is 5.96. The zero-order valence-corrected chi connectivity index (χ0v) is 21.6. The number of para-hydroxylation sites is 2. The van der Waals surface area contributed by atoms with Gasteiger partial charge in [-0.15, -0.1) is 9.13 Å². The van der Waals surface area contributed by atoms with E-state index in [1.165, 1.54) is 65.5 Å². The molecule has 0 saturated carbocycles. The van der Waals surface area contributed by atoms with Gasteiger partial charge in [0.25, 0.3) is 0 Å². The molecule has 0 amide bonds. The molecule has 0 N–H and O–H groups in total. The molecular weight excluding hydrogens is 504 g/mol. The molecular formula is C36H18N4O+2. The third-order valence-corrected chi connectivity index (χ3v) is 9.96. The maximum absolute atomic E-state index is 6.86. The average Bonchev–Trinajstić information content (AvgIpc) is 3.66. The molecule has 5 heteroatoms. The fourth-order valence-electron chi connectivity index (χ4n) is 8.70. The zero-order valence-electron chi connectivity index (χ0n) is 21.6. The third-order valence-electron chi connectivity index (χ3n) is 9.96. The molecule has 4 aromatic heterocycles. The van der Waals surface area contributed by atoms with Crippen molar-refractivity contribution in [2.24, 2.45) is 0 Å². The van der Waals surface area contributed by atoms with Crippen LogP contribution in [0, 0.1) is 0 Å². The summed E-state index contributed by atoms with van der Waals surface area (Å²) in [4.78, 5) is 4.96. The van der Waals surface area contributed by atoms with Gasteiger partial charge in [-0.3, -0.25) is 0 Å². The van der Waals surface area contributed by atoms with E-state index < -0.39 is 5.66 Å². The summed E-state index contributed by atoms with van der Waals surface area (Å²) in [6.07, 6.45) is 4.19. The van der Waals surface area contributed by atoms with Crippen molar-refractivity contribution in [3.05, 3.63) is 121 Å². The van der Waals surface area contributed by atoms with Crippen LogP contribution < -0.4 is 13.9 Å². The van der Waals surface area contributed by atoms with Gasteiger partial charge >= 0.3 is 11.3 Å². The standard InChI is InChI=1S/C36H18N4O/c1-2-8-20-19(7-1)21-13-15-27-31-29(21)33-23(20)10-6-18-38(33)36(31)32-28(41-27)16-14-22-24-9-5-17-37-34(24)39-25-11-3-4-12-26(25)40(36)35(39)30(22)32/h1-18H/q+2. The summed E-state index contributed by atoms with van der Waals surface area (Å²) in [5.74, 6) is 1.85. The molecule has 5 aromatic carbocycles. The van der Waals surface area contributed by atoms with E-state index in [2.05, 4.69) is 111 Å². The van der Waals surface area contributed by atoms with Crippen molar-refractivity contribution in [3.63, 3.8) is 0 Å². The highest BCUT2D eigenvalue weighted by Gasteiger charge is 2.68. The largest absolute Gasteiger partial charge is 0.456 e. The molecule has 9 aromatic rings. The van der Waals surface area contributed by atoms with E-state index in [1.807, 2.05) is 12.3 Å². The van der Waals surface area contributed by atoms with Gasteiger partial charge in [0.15, 0.2) is 17.2 Å². The molecule has 0 fully saturated rings. The second-order valence-corrected chi connectivity index (χ2v) is 11.5. The van der Waals surface area contributed by atoms with Crippen LogP contribution in [0.5, 0.6) is 11.5 Å². The normalized spacial score (nSPS) is 17.6. The number of ether oxygens (including phenoxy) is 1. The number of pyridine rings is 3. The lowest BCUT2D eigenvalue weighted by Crippen LogP contribution is -2.72. The Hall–Kier alpha value is -5.55. The van der Waals surface area contributed by atoms with Crippen molar-refractivity contribution >= 4 is 70.9 Å². The van der Waals surface area contributed by atoms with Gasteiger partial charge in [-0.2, -0.15) is 4.40 Å². The molecule has 1 unspecified atom stereocenters. The van der Waals surface area contributed by atoms with E-state index in [0.717, 1.165) is 28.0 Å². The highest BCUT2D eigenvalue weighted by molar-refractivity contribution is 6.26. The van der Waals surface area contributed by atoms with Gasteiger partial charge in [0.2, 0.25) is 11.2 Å². The Labute approximate surface area is 231 Å². The molecule has 3 aliphatic heterocycles. The molecule has 12 rings (SSSR count). The van der Waals surface area contributed by atoms with Gasteiger partial charge in [-0.05, 0) is 70.8 Å². The Kier molecular flexibility index (Phi) is 2.83. The topological polar surface area (TPSA) is 34.3 Å². The molecule has 1 atom stereocenters. The average molecular weight is 523 g/mol. The molecule has 0 radical (unpaired) electrons. The summed E-state index contributed by atoms with van der Waals surface area (Å²) in [7, 11) is 0. The highest BCUT2D eigenvalue weighted by Crippen LogP contribution is 2.58. The molecule has 0 aliphatic carbocycles. The maximum Gasteiger partial charge on any atom is 0.372 e. The van der Waals surface area contributed by atoms with E-state index in [4.69, 9.17) is 9.72 Å². The Morgan fingerprint density at radius 2 is 1.34 bits per heavy atom. The van der Waals surface area contributed by atoms with Crippen molar-refractivity contribution in [2.75, 3.05) is 0 Å². The van der Waals surface area contributed by atoms with Crippen LogP contribution in [-0.4, -0.2) is 9.38 Å². The summed E-state index contributed by atoms with van der Waals surface area (Å²) >= 11 is 0. The van der Waals surface area contributed by atoms with Crippen LogP contribution in [0.4, 0.5) is 0 Å². The lowest BCUT2D eigenvalue weighted by Gasteiger charge is -2.28. The molecule has 41 heavy (non-hydrogen) atoms. The second-order valence-electron chi connectivity index (χ2n) is 11.5. The van der Waals surface area contributed by atoms with E-state index in [9.17, 15) is 0 Å². The summed E-state index contributed by atoms with van der Waals surface area (Å²) < 4.78 is 14.4. The first kappa shape index (κ1) is 19.5. The van der Waals surface area contributed by atoms with Crippen molar-refractivity contribution < 1.29 is 13.9 Å². The lowest BCUT2D eigenvalue weighted by atomic mass is 9.85. The van der Waals surface area contributed by atoms with Gasteiger partial charge in [0.1, 0.15) is 22.6 Å². The quantitative estimate of drug-likeness (QED) is 0.161. The number of aromatic nitrogens is 4. The summed E-state index contributed by atoms with van der Waals surface area (Å²) in [5, 5.41) is 9.97. The predicted octanol–water partition coefficient (Wildman–Crippen LogP) is 6.86. The number of hydrogen-bond acceptors (Lipinski definition) is 2. The minimum Gasteiger partial charge on any atom is -0.456 e. The minimum atomic E-state index is -0.630. The van der Waals surface area contributed by atoms with Gasteiger partial charge in [0.05, 0.1) is 21.5 Å². The van der Waals surface area contributed by atoms with Crippen molar-refractivity contribution in [3.8, 4) is 11.5 Å². The van der Waals surface area contributed by atoms with Crippen LogP contribution in [0.3, 0.4) is 0 Å². The Morgan fingerprint density at radius 3 is 2.22 bits per heavy atom. The monoisotopic (exact) mass is 522 g/mol. The van der Waals surface area contributed by atoms with Gasteiger partial charge < -0.3 is 4.74 Å². The van der Waals surface area contributed by atoms with Gasteiger partial charge in [-0.1, -0.05) is 36.4 Å². The molecule has 3 aliphatic rings. The zero-order chi connectivity index (χ0) is 26.2.